The van der Waals surface area contributed by atoms with Crippen LogP contribution in [-0.2, 0) is 6.42 Å². The average molecular weight is 448 g/mol. The van der Waals surface area contributed by atoms with E-state index in [4.69, 9.17) is 0 Å². The Morgan fingerprint density at radius 2 is 1.94 bits per heavy atom. The van der Waals surface area contributed by atoms with Gasteiger partial charge in [0.2, 0.25) is 0 Å². The zero-order chi connectivity index (χ0) is 21.4. The number of amides is 1. The molecule has 5 nitrogen and oxygen atoms in total. The number of benzene rings is 2. The van der Waals surface area contributed by atoms with E-state index >= 15 is 0 Å². The highest BCUT2D eigenvalue weighted by molar-refractivity contribution is 7.99. The summed E-state index contributed by atoms with van der Waals surface area (Å²) in [5.74, 6) is 1.43. The Hall–Kier alpha value is -2.90. The number of thiophene rings is 1. The number of H-pyrrole nitrogens is 1. The van der Waals surface area contributed by atoms with Crippen LogP contribution in [0.2, 0.25) is 0 Å². The van der Waals surface area contributed by atoms with Gasteiger partial charge in [0.1, 0.15) is 10.7 Å². The monoisotopic (exact) mass is 447 g/mol. The Labute approximate surface area is 187 Å². The van der Waals surface area contributed by atoms with Crippen molar-refractivity contribution in [2.75, 3.05) is 5.75 Å². The number of hydrogen-bond donors (Lipinski definition) is 2. The van der Waals surface area contributed by atoms with Crippen molar-refractivity contribution >= 4 is 39.2 Å². The summed E-state index contributed by atoms with van der Waals surface area (Å²) in [6.07, 6.45) is 1.43. The zero-order valence-corrected chi connectivity index (χ0v) is 18.6. The first-order chi connectivity index (χ1) is 15.1. The summed E-state index contributed by atoms with van der Waals surface area (Å²) in [6.45, 7) is 1.83. The van der Waals surface area contributed by atoms with Crippen LogP contribution in [0.5, 0.6) is 0 Å². The summed E-state index contributed by atoms with van der Waals surface area (Å²) < 4.78 is 0. The van der Waals surface area contributed by atoms with Crippen molar-refractivity contribution in [3.05, 3.63) is 92.3 Å². The molecule has 0 fully saturated rings. The van der Waals surface area contributed by atoms with Gasteiger partial charge in [-0.15, -0.1) is 23.1 Å². The van der Waals surface area contributed by atoms with Gasteiger partial charge < -0.3 is 10.3 Å². The first kappa shape index (κ1) is 20.0. The van der Waals surface area contributed by atoms with Crippen molar-refractivity contribution in [1.82, 2.24) is 15.3 Å². The number of carbonyl (C=O) groups excluding carboxylic acids is 1. The van der Waals surface area contributed by atoms with Crippen molar-refractivity contribution in [3.63, 3.8) is 0 Å². The first-order valence-electron chi connectivity index (χ1n) is 10.2. The summed E-state index contributed by atoms with van der Waals surface area (Å²) in [7, 11) is 0. The Balaban J connectivity index is 1.45. The van der Waals surface area contributed by atoms with Gasteiger partial charge in [0.25, 0.3) is 11.5 Å². The van der Waals surface area contributed by atoms with Crippen molar-refractivity contribution < 1.29 is 4.79 Å². The molecular formula is C24H21N3O2S2. The van der Waals surface area contributed by atoms with E-state index in [0.29, 0.717) is 32.9 Å². The second-order valence-electron chi connectivity index (χ2n) is 7.61. The number of carbonyl (C=O) groups is 1. The quantitative estimate of drug-likeness (QED) is 0.469. The minimum atomic E-state index is -0.192. The summed E-state index contributed by atoms with van der Waals surface area (Å²) >= 11 is 3.11. The number of aromatic nitrogens is 2. The number of fused-ring (bicyclic) bond motifs is 2. The molecule has 0 spiro atoms. The number of aromatic amines is 1. The predicted octanol–water partition coefficient (Wildman–Crippen LogP) is 4.85. The van der Waals surface area contributed by atoms with Gasteiger partial charge in [-0.1, -0.05) is 48.5 Å². The Bertz CT molecular complexity index is 1330. The number of aryl methyl sites for hydroxylation is 1. The van der Waals surface area contributed by atoms with E-state index in [1.807, 2.05) is 61.2 Å². The van der Waals surface area contributed by atoms with Gasteiger partial charge in [-0.2, -0.15) is 0 Å². The third-order valence-corrected chi connectivity index (χ3v) is 7.84. The van der Waals surface area contributed by atoms with Gasteiger partial charge in [0.15, 0.2) is 0 Å². The fourth-order valence-electron chi connectivity index (χ4n) is 3.99. The van der Waals surface area contributed by atoms with Gasteiger partial charge in [-0.25, -0.2) is 4.98 Å². The van der Waals surface area contributed by atoms with Crippen molar-refractivity contribution in [1.29, 1.82) is 0 Å². The van der Waals surface area contributed by atoms with Gasteiger partial charge >= 0.3 is 0 Å². The van der Waals surface area contributed by atoms with Crippen LogP contribution in [0.25, 0.3) is 10.2 Å². The molecule has 2 aromatic heterocycles. The van der Waals surface area contributed by atoms with E-state index in [1.165, 1.54) is 16.2 Å². The fourth-order valence-corrected chi connectivity index (χ4v) is 6.22. The summed E-state index contributed by atoms with van der Waals surface area (Å²) in [6, 6.07) is 18.1. The molecule has 2 aromatic carbocycles. The van der Waals surface area contributed by atoms with E-state index in [-0.39, 0.29) is 17.5 Å². The lowest BCUT2D eigenvalue weighted by Gasteiger charge is -2.25. The Morgan fingerprint density at radius 3 is 2.77 bits per heavy atom. The number of thioether (sulfide) groups is 1. The van der Waals surface area contributed by atoms with Gasteiger partial charge in [0, 0.05) is 17.1 Å². The second-order valence-corrected chi connectivity index (χ2v) is 9.75. The molecule has 0 saturated carbocycles. The van der Waals surface area contributed by atoms with Gasteiger partial charge in [-0.05, 0) is 36.1 Å². The van der Waals surface area contributed by atoms with Crippen LogP contribution in [-0.4, -0.2) is 21.6 Å². The molecule has 7 heteroatoms. The molecule has 0 aliphatic carbocycles. The maximum absolute atomic E-state index is 13.2. The third kappa shape index (κ3) is 3.91. The first-order valence-corrected chi connectivity index (χ1v) is 12.0. The number of nitrogens with one attached hydrogen (secondary N) is 2. The molecule has 4 aromatic rings. The van der Waals surface area contributed by atoms with Crippen LogP contribution < -0.4 is 10.9 Å². The highest BCUT2D eigenvalue weighted by Crippen LogP contribution is 2.36. The number of hydrogen-bond acceptors (Lipinski definition) is 5. The standard InChI is InChI=1S/C24H21N3O2S2/c1-14-20-22(28)26-19(13-15-7-3-2-4-8-15)27-24(20)31-21(14)23(29)25-17-11-12-30-18-10-6-5-9-16(17)18/h2-10,17H,11-13H2,1H3,(H,25,29)(H,26,27,28). The molecule has 0 bridgehead atoms. The average Bonchev–Trinajstić information content (AvgIpc) is 3.11. The molecule has 31 heavy (non-hydrogen) atoms. The van der Waals surface area contributed by atoms with E-state index < -0.39 is 0 Å². The minimum absolute atomic E-state index is 0.0190. The van der Waals surface area contributed by atoms with Gasteiger partial charge in [0.05, 0.1) is 16.3 Å². The Morgan fingerprint density at radius 1 is 1.16 bits per heavy atom. The number of rotatable bonds is 4. The summed E-state index contributed by atoms with van der Waals surface area (Å²) in [5, 5.41) is 3.69. The highest BCUT2D eigenvalue weighted by atomic mass is 32.2. The van der Waals surface area contributed by atoms with Crippen LogP contribution >= 0.6 is 23.1 Å². The molecule has 1 atom stereocenters. The Kier molecular flexibility index (Phi) is 5.38. The molecular weight excluding hydrogens is 426 g/mol. The molecule has 0 radical (unpaired) electrons. The van der Waals surface area contributed by atoms with Gasteiger partial charge in [-0.3, -0.25) is 9.59 Å². The lowest BCUT2D eigenvalue weighted by Crippen LogP contribution is -2.30. The van der Waals surface area contributed by atoms with Crippen LogP contribution in [0.15, 0.2) is 64.3 Å². The lowest BCUT2D eigenvalue weighted by atomic mass is 10.0. The highest BCUT2D eigenvalue weighted by Gasteiger charge is 2.25. The van der Waals surface area contributed by atoms with E-state index in [9.17, 15) is 9.59 Å². The largest absolute Gasteiger partial charge is 0.344 e. The fraction of sp³-hybridized carbons (Fsp3) is 0.208. The van der Waals surface area contributed by atoms with Crippen LogP contribution in [0.4, 0.5) is 0 Å². The molecule has 5 rings (SSSR count). The van der Waals surface area contributed by atoms with Crippen molar-refractivity contribution in [2.24, 2.45) is 0 Å². The third-order valence-electron chi connectivity index (χ3n) is 5.53. The molecule has 1 aliphatic heterocycles. The van der Waals surface area contributed by atoms with Crippen LogP contribution in [0, 0.1) is 6.92 Å². The summed E-state index contributed by atoms with van der Waals surface area (Å²) in [4.78, 5) is 35.9. The van der Waals surface area contributed by atoms with Crippen LogP contribution in [0.1, 0.15) is 44.6 Å². The molecule has 3 heterocycles. The minimum Gasteiger partial charge on any atom is -0.344 e. The summed E-state index contributed by atoms with van der Waals surface area (Å²) in [5.41, 5.74) is 2.73. The van der Waals surface area contributed by atoms with E-state index in [2.05, 4.69) is 27.4 Å². The molecule has 156 valence electrons. The smallest absolute Gasteiger partial charge is 0.262 e. The normalized spacial score (nSPS) is 15.6. The predicted molar refractivity (Wildman–Crippen MR) is 126 cm³/mol. The topological polar surface area (TPSA) is 74.8 Å². The van der Waals surface area contributed by atoms with Crippen LogP contribution in [0.3, 0.4) is 0 Å². The maximum atomic E-state index is 13.2. The lowest BCUT2D eigenvalue weighted by molar-refractivity contribution is 0.0938. The molecule has 1 aliphatic rings. The molecule has 1 amide bonds. The zero-order valence-electron chi connectivity index (χ0n) is 17.0. The molecule has 1 unspecified atom stereocenters. The SMILES string of the molecule is Cc1c(C(=O)NC2CCSc3ccccc32)sc2nc(Cc3ccccc3)[nH]c(=O)c12. The second kappa shape index (κ2) is 8.32. The maximum Gasteiger partial charge on any atom is 0.262 e. The van der Waals surface area contributed by atoms with Crippen molar-refractivity contribution in [2.45, 2.75) is 30.7 Å². The molecule has 0 saturated heterocycles. The number of nitrogens with zero attached hydrogens (tertiary/aromatic N) is 1. The van der Waals surface area contributed by atoms with E-state index in [0.717, 1.165) is 23.3 Å². The van der Waals surface area contributed by atoms with Crippen molar-refractivity contribution in [3.8, 4) is 0 Å². The molecule has 2 N–H and O–H groups in total. The van der Waals surface area contributed by atoms with E-state index in [1.54, 1.807) is 0 Å².